The average molecular weight is 283 g/mol. The first kappa shape index (κ1) is 14.8. The van der Waals surface area contributed by atoms with Crippen LogP contribution in [0.15, 0.2) is 42.5 Å². The monoisotopic (exact) mass is 283 g/mol. The largest absolute Gasteiger partial charge is 0.423 e. The second kappa shape index (κ2) is 6.22. The first-order valence-corrected chi connectivity index (χ1v) is 6.64. The van der Waals surface area contributed by atoms with Crippen LogP contribution in [0.5, 0.6) is 5.75 Å². The van der Waals surface area contributed by atoms with E-state index in [1.807, 2.05) is 26.0 Å². The Kier molecular flexibility index (Phi) is 4.38. The van der Waals surface area contributed by atoms with Crippen molar-refractivity contribution in [3.63, 3.8) is 0 Å². The fraction of sp³-hybridized carbons (Fsp3) is 0.176. The van der Waals surface area contributed by atoms with E-state index in [0.717, 1.165) is 11.1 Å². The Labute approximate surface area is 123 Å². The summed E-state index contributed by atoms with van der Waals surface area (Å²) in [6.45, 7) is 5.15. The van der Waals surface area contributed by atoms with Crippen molar-refractivity contribution in [1.82, 2.24) is 0 Å². The number of anilines is 1. The van der Waals surface area contributed by atoms with Crippen LogP contribution < -0.4 is 10.1 Å². The van der Waals surface area contributed by atoms with Gasteiger partial charge in [0.05, 0.1) is 11.3 Å². The Morgan fingerprint density at radius 3 is 2.29 bits per heavy atom. The number of aryl methyl sites for hydroxylation is 1. The summed E-state index contributed by atoms with van der Waals surface area (Å²) in [7, 11) is 0. The number of ether oxygens (including phenoxy) is 1. The maximum Gasteiger partial charge on any atom is 0.343 e. The molecule has 0 unspecified atom stereocenters. The molecule has 4 nitrogen and oxygen atoms in total. The number of amides is 1. The highest BCUT2D eigenvalue weighted by molar-refractivity contribution is 5.93. The van der Waals surface area contributed by atoms with Gasteiger partial charge in [0.2, 0.25) is 5.91 Å². The summed E-state index contributed by atoms with van der Waals surface area (Å²) >= 11 is 0. The molecule has 0 aliphatic rings. The molecule has 0 spiro atoms. The summed E-state index contributed by atoms with van der Waals surface area (Å²) in [6, 6.07) is 12.3. The average Bonchev–Trinajstić information content (AvgIpc) is 2.47. The summed E-state index contributed by atoms with van der Waals surface area (Å²) in [4.78, 5) is 23.3. The van der Waals surface area contributed by atoms with Crippen LogP contribution in [0.25, 0.3) is 0 Å². The van der Waals surface area contributed by atoms with Crippen molar-refractivity contribution >= 4 is 17.6 Å². The minimum absolute atomic E-state index is 0.160. The van der Waals surface area contributed by atoms with E-state index in [1.165, 1.54) is 6.92 Å². The SMILES string of the molecule is CC(=O)Nc1c(C)ccc(OC(=O)c2ccccc2)c1C. The molecule has 2 aromatic carbocycles. The summed E-state index contributed by atoms with van der Waals surface area (Å²) in [5.74, 6) is -0.137. The van der Waals surface area contributed by atoms with Crippen LogP contribution in [0.3, 0.4) is 0 Å². The zero-order valence-corrected chi connectivity index (χ0v) is 12.3. The predicted molar refractivity (Wildman–Crippen MR) is 81.6 cm³/mol. The number of rotatable bonds is 3. The maximum absolute atomic E-state index is 12.1. The van der Waals surface area contributed by atoms with E-state index in [0.29, 0.717) is 17.0 Å². The van der Waals surface area contributed by atoms with E-state index in [9.17, 15) is 9.59 Å². The molecule has 1 N–H and O–H groups in total. The molecule has 1 amide bonds. The van der Waals surface area contributed by atoms with Crippen LogP contribution in [-0.2, 0) is 4.79 Å². The molecule has 0 fully saturated rings. The molecule has 2 aromatic rings. The molecule has 0 aromatic heterocycles. The molecule has 0 aliphatic heterocycles. The molecule has 0 saturated carbocycles. The summed E-state index contributed by atoms with van der Waals surface area (Å²) in [6.07, 6.45) is 0. The van der Waals surface area contributed by atoms with Crippen molar-refractivity contribution in [3.8, 4) is 5.75 Å². The first-order valence-electron chi connectivity index (χ1n) is 6.64. The molecule has 108 valence electrons. The van der Waals surface area contributed by atoms with Gasteiger partial charge in [0.25, 0.3) is 0 Å². The number of benzene rings is 2. The molecule has 0 saturated heterocycles. The van der Waals surface area contributed by atoms with Gasteiger partial charge in [-0.25, -0.2) is 4.79 Å². The highest BCUT2D eigenvalue weighted by Crippen LogP contribution is 2.29. The van der Waals surface area contributed by atoms with Crippen LogP contribution in [-0.4, -0.2) is 11.9 Å². The fourth-order valence-electron chi connectivity index (χ4n) is 2.04. The highest BCUT2D eigenvalue weighted by atomic mass is 16.5. The van der Waals surface area contributed by atoms with E-state index >= 15 is 0 Å². The lowest BCUT2D eigenvalue weighted by Crippen LogP contribution is -2.12. The number of nitrogens with one attached hydrogen (secondary N) is 1. The highest BCUT2D eigenvalue weighted by Gasteiger charge is 2.14. The molecular formula is C17H17NO3. The second-order valence-corrected chi connectivity index (χ2v) is 4.82. The molecule has 0 aliphatic carbocycles. The van der Waals surface area contributed by atoms with Crippen molar-refractivity contribution in [2.24, 2.45) is 0 Å². The zero-order chi connectivity index (χ0) is 15.4. The maximum atomic E-state index is 12.1. The molecule has 0 atom stereocenters. The van der Waals surface area contributed by atoms with Crippen molar-refractivity contribution in [3.05, 3.63) is 59.2 Å². The first-order chi connectivity index (χ1) is 9.99. The Bertz CT molecular complexity index is 678. The van der Waals surface area contributed by atoms with E-state index in [1.54, 1.807) is 30.3 Å². The van der Waals surface area contributed by atoms with Gasteiger partial charge in [-0.1, -0.05) is 24.3 Å². The topological polar surface area (TPSA) is 55.4 Å². The second-order valence-electron chi connectivity index (χ2n) is 4.82. The van der Waals surface area contributed by atoms with Crippen LogP contribution in [0.2, 0.25) is 0 Å². The van der Waals surface area contributed by atoms with E-state index < -0.39 is 5.97 Å². The van der Waals surface area contributed by atoms with Crippen molar-refractivity contribution in [2.75, 3.05) is 5.32 Å². The van der Waals surface area contributed by atoms with Crippen LogP contribution in [0, 0.1) is 13.8 Å². The summed E-state index contributed by atoms with van der Waals surface area (Å²) < 4.78 is 5.42. The number of esters is 1. The zero-order valence-electron chi connectivity index (χ0n) is 12.3. The molecule has 0 bridgehead atoms. The molecule has 4 heteroatoms. The van der Waals surface area contributed by atoms with E-state index in [4.69, 9.17) is 4.74 Å². The fourth-order valence-corrected chi connectivity index (χ4v) is 2.04. The van der Waals surface area contributed by atoms with Crippen molar-refractivity contribution < 1.29 is 14.3 Å². The third kappa shape index (κ3) is 3.48. The molecule has 0 heterocycles. The predicted octanol–water partition coefficient (Wildman–Crippen LogP) is 3.48. The van der Waals surface area contributed by atoms with Crippen LogP contribution in [0.1, 0.15) is 28.4 Å². The van der Waals surface area contributed by atoms with Gasteiger partial charge in [0, 0.05) is 12.5 Å². The van der Waals surface area contributed by atoms with E-state index in [-0.39, 0.29) is 5.91 Å². The van der Waals surface area contributed by atoms with Gasteiger partial charge in [-0.3, -0.25) is 4.79 Å². The van der Waals surface area contributed by atoms with Gasteiger partial charge >= 0.3 is 5.97 Å². The van der Waals surface area contributed by atoms with Gasteiger partial charge in [-0.2, -0.15) is 0 Å². The van der Waals surface area contributed by atoms with Crippen molar-refractivity contribution in [2.45, 2.75) is 20.8 Å². The third-order valence-corrected chi connectivity index (χ3v) is 3.14. The Morgan fingerprint density at radius 1 is 1.00 bits per heavy atom. The van der Waals surface area contributed by atoms with Gasteiger partial charge in [-0.15, -0.1) is 0 Å². The Morgan fingerprint density at radius 2 is 1.67 bits per heavy atom. The van der Waals surface area contributed by atoms with E-state index in [2.05, 4.69) is 5.32 Å². The number of hydrogen-bond acceptors (Lipinski definition) is 3. The molecular weight excluding hydrogens is 266 g/mol. The Balaban J connectivity index is 2.29. The Hall–Kier alpha value is -2.62. The summed E-state index contributed by atoms with van der Waals surface area (Å²) in [5, 5.41) is 2.76. The lowest BCUT2D eigenvalue weighted by molar-refractivity contribution is -0.114. The molecule has 0 radical (unpaired) electrons. The minimum Gasteiger partial charge on any atom is -0.423 e. The number of carbonyl (C=O) groups is 2. The standard InChI is InChI=1S/C17H17NO3/c1-11-9-10-15(12(2)16(11)18-13(3)19)21-17(20)14-7-5-4-6-8-14/h4-10H,1-3H3,(H,18,19). The van der Waals surface area contributed by atoms with Crippen molar-refractivity contribution in [1.29, 1.82) is 0 Å². The lowest BCUT2D eigenvalue weighted by Gasteiger charge is -2.14. The third-order valence-electron chi connectivity index (χ3n) is 3.14. The van der Waals surface area contributed by atoms with Crippen LogP contribution in [0.4, 0.5) is 5.69 Å². The number of hydrogen-bond donors (Lipinski definition) is 1. The van der Waals surface area contributed by atoms with Gasteiger partial charge < -0.3 is 10.1 Å². The lowest BCUT2D eigenvalue weighted by atomic mass is 10.1. The van der Waals surface area contributed by atoms with Gasteiger partial charge in [-0.05, 0) is 37.6 Å². The quantitative estimate of drug-likeness (QED) is 0.693. The molecule has 21 heavy (non-hydrogen) atoms. The number of carbonyl (C=O) groups excluding carboxylic acids is 2. The van der Waals surface area contributed by atoms with Crippen LogP contribution >= 0.6 is 0 Å². The minimum atomic E-state index is -0.420. The van der Waals surface area contributed by atoms with Gasteiger partial charge in [0.1, 0.15) is 5.75 Å². The normalized spacial score (nSPS) is 10.0. The van der Waals surface area contributed by atoms with Gasteiger partial charge in [0.15, 0.2) is 0 Å². The smallest absolute Gasteiger partial charge is 0.343 e. The summed E-state index contributed by atoms with van der Waals surface area (Å²) in [5.41, 5.74) is 2.82. The molecule has 2 rings (SSSR count).